The molecule has 1 saturated heterocycles. The lowest BCUT2D eigenvalue weighted by Gasteiger charge is -2.39. The third-order valence-corrected chi connectivity index (χ3v) is 4.26. The predicted molar refractivity (Wildman–Crippen MR) is 81.6 cm³/mol. The summed E-state index contributed by atoms with van der Waals surface area (Å²) in [5, 5.41) is 0.969. The SMILES string of the molecule is CC1CCCC(C)N1C(=O)COc1ccc(Cl)cc1Cl. The molecule has 1 aliphatic rings. The molecule has 2 rings (SSSR count). The molecule has 20 heavy (non-hydrogen) atoms. The number of nitrogens with zero attached hydrogens (tertiary/aromatic N) is 1. The Balaban J connectivity index is 1.97. The highest BCUT2D eigenvalue weighted by Crippen LogP contribution is 2.28. The fourth-order valence-electron chi connectivity index (χ4n) is 2.72. The number of ether oxygens (including phenoxy) is 1. The molecule has 0 bridgehead atoms. The predicted octanol–water partition coefficient (Wildman–Crippen LogP) is 4.16. The lowest BCUT2D eigenvalue weighted by atomic mass is 9.97. The van der Waals surface area contributed by atoms with Crippen molar-refractivity contribution in [1.29, 1.82) is 0 Å². The average molecular weight is 316 g/mol. The van der Waals surface area contributed by atoms with E-state index >= 15 is 0 Å². The Labute approximate surface area is 129 Å². The van der Waals surface area contributed by atoms with E-state index in [2.05, 4.69) is 13.8 Å². The number of carbonyl (C=O) groups excluding carboxylic acids is 1. The molecule has 0 saturated carbocycles. The molecular formula is C15H19Cl2NO2. The number of hydrogen-bond acceptors (Lipinski definition) is 2. The molecule has 3 nitrogen and oxygen atoms in total. The number of benzene rings is 1. The van der Waals surface area contributed by atoms with Gasteiger partial charge in [-0.3, -0.25) is 4.79 Å². The summed E-state index contributed by atoms with van der Waals surface area (Å²) >= 11 is 11.8. The van der Waals surface area contributed by atoms with Crippen molar-refractivity contribution in [2.75, 3.05) is 6.61 Å². The second-order valence-corrected chi connectivity index (χ2v) is 6.14. The van der Waals surface area contributed by atoms with Crippen molar-refractivity contribution >= 4 is 29.1 Å². The van der Waals surface area contributed by atoms with Gasteiger partial charge in [-0.05, 0) is 51.3 Å². The van der Waals surface area contributed by atoms with Crippen LogP contribution in [0.15, 0.2) is 18.2 Å². The molecule has 110 valence electrons. The highest BCUT2D eigenvalue weighted by molar-refractivity contribution is 6.35. The minimum atomic E-state index is 0.00992. The van der Waals surface area contributed by atoms with Gasteiger partial charge in [0, 0.05) is 17.1 Å². The zero-order chi connectivity index (χ0) is 14.7. The van der Waals surface area contributed by atoms with Crippen LogP contribution in [0, 0.1) is 0 Å². The van der Waals surface area contributed by atoms with Crippen LogP contribution in [0.1, 0.15) is 33.1 Å². The zero-order valence-electron chi connectivity index (χ0n) is 11.7. The van der Waals surface area contributed by atoms with Gasteiger partial charge < -0.3 is 9.64 Å². The van der Waals surface area contributed by atoms with Gasteiger partial charge in [0.05, 0.1) is 5.02 Å². The third kappa shape index (κ3) is 3.58. The highest BCUT2D eigenvalue weighted by atomic mass is 35.5. The molecule has 1 aromatic rings. The van der Waals surface area contributed by atoms with Gasteiger partial charge in [0.2, 0.25) is 0 Å². The van der Waals surface area contributed by atoms with E-state index in [1.807, 2.05) is 4.90 Å². The molecule has 1 amide bonds. The Morgan fingerprint density at radius 3 is 2.55 bits per heavy atom. The van der Waals surface area contributed by atoms with Crippen molar-refractivity contribution in [1.82, 2.24) is 4.90 Å². The first kappa shape index (κ1) is 15.5. The Morgan fingerprint density at radius 1 is 1.30 bits per heavy atom. The molecule has 0 spiro atoms. The van der Waals surface area contributed by atoms with Crippen molar-refractivity contribution in [3.8, 4) is 5.75 Å². The van der Waals surface area contributed by atoms with Gasteiger partial charge in [0.25, 0.3) is 5.91 Å². The number of piperidine rings is 1. The zero-order valence-corrected chi connectivity index (χ0v) is 13.2. The van der Waals surface area contributed by atoms with Crippen LogP contribution in [0.2, 0.25) is 10.0 Å². The lowest BCUT2D eigenvalue weighted by molar-refractivity contribution is -0.139. The maximum absolute atomic E-state index is 12.3. The molecule has 0 aromatic heterocycles. The Morgan fingerprint density at radius 2 is 1.95 bits per heavy atom. The van der Waals surface area contributed by atoms with Crippen LogP contribution >= 0.6 is 23.2 Å². The van der Waals surface area contributed by atoms with E-state index in [9.17, 15) is 4.79 Å². The van der Waals surface area contributed by atoms with Crippen molar-refractivity contribution in [3.05, 3.63) is 28.2 Å². The summed E-state index contributed by atoms with van der Waals surface area (Å²) in [5.41, 5.74) is 0. The number of hydrogen-bond donors (Lipinski definition) is 0. The normalized spacial score (nSPS) is 22.7. The Kier molecular flexibility index (Phi) is 5.17. The summed E-state index contributed by atoms with van der Waals surface area (Å²) in [4.78, 5) is 14.2. The number of halogens is 2. The van der Waals surface area contributed by atoms with Crippen molar-refractivity contribution < 1.29 is 9.53 Å². The van der Waals surface area contributed by atoms with Crippen LogP contribution in [-0.2, 0) is 4.79 Å². The Bertz CT molecular complexity index is 483. The fraction of sp³-hybridized carbons (Fsp3) is 0.533. The lowest BCUT2D eigenvalue weighted by Crippen LogP contribution is -2.49. The van der Waals surface area contributed by atoms with Crippen molar-refractivity contribution in [2.45, 2.75) is 45.2 Å². The first-order chi connectivity index (χ1) is 9.49. The van der Waals surface area contributed by atoms with Crippen molar-refractivity contribution in [3.63, 3.8) is 0 Å². The largest absolute Gasteiger partial charge is 0.482 e. The van der Waals surface area contributed by atoms with Gasteiger partial charge in [0.15, 0.2) is 6.61 Å². The minimum Gasteiger partial charge on any atom is -0.482 e. The van der Waals surface area contributed by atoms with E-state index in [-0.39, 0.29) is 24.6 Å². The van der Waals surface area contributed by atoms with Gasteiger partial charge in [-0.25, -0.2) is 0 Å². The van der Waals surface area contributed by atoms with Gasteiger partial charge >= 0.3 is 0 Å². The Hall–Kier alpha value is -0.930. The molecule has 2 unspecified atom stereocenters. The molecule has 2 atom stereocenters. The first-order valence-corrected chi connectivity index (χ1v) is 7.63. The number of likely N-dealkylation sites (tertiary alicyclic amines) is 1. The van der Waals surface area contributed by atoms with E-state index in [1.165, 1.54) is 6.42 Å². The first-order valence-electron chi connectivity index (χ1n) is 6.88. The summed E-state index contributed by atoms with van der Waals surface area (Å²) in [6.45, 7) is 4.18. The second-order valence-electron chi connectivity index (χ2n) is 5.29. The van der Waals surface area contributed by atoms with E-state index in [0.717, 1.165) is 12.8 Å². The van der Waals surface area contributed by atoms with E-state index in [4.69, 9.17) is 27.9 Å². The van der Waals surface area contributed by atoms with Gasteiger partial charge in [-0.1, -0.05) is 23.2 Å². The molecule has 1 aliphatic heterocycles. The van der Waals surface area contributed by atoms with Crippen LogP contribution in [0.5, 0.6) is 5.75 Å². The van der Waals surface area contributed by atoms with E-state index < -0.39 is 0 Å². The minimum absolute atomic E-state index is 0.00992. The summed E-state index contributed by atoms with van der Waals surface area (Å²) < 4.78 is 5.52. The molecular weight excluding hydrogens is 297 g/mol. The van der Waals surface area contributed by atoms with Crippen LogP contribution in [0.25, 0.3) is 0 Å². The molecule has 0 aliphatic carbocycles. The van der Waals surface area contributed by atoms with Crippen LogP contribution in [0.3, 0.4) is 0 Å². The standard InChI is InChI=1S/C15H19Cl2NO2/c1-10-4-3-5-11(2)18(10)15(19)9-20-14-7-6-12(16)8-13(14)17/h6-8,10-11H,3-5,9H2,1-2H3. The molecule has 5 heteroatoms. The number of carbonyl (C=O) groups is 1. The molecule has 0 radical (unpaired) electrons. The smallest absolute Gasteiger partial charge is 0.260 e. The molecule has 1 heterocycles. The second kappa shape index (κ2) is 6.68. The molecule has 1 fully saturated rings. The quantitative estimate of drug-likeness (QED) is 0.838. The third-order valence-electron chi connectivity index (χ3n) is 3.73. The molecule has 1 aromatic carbocycles. The summed E-state index contributed by atoms with van der Waals surface area (Å²) in [6, 6.07) is 5.53. The summed E-state index contributed by atoms with van der Waals surface area (Å²) in [5.74, 6) is 0.498. The maximum atomic E-state index is 12.3. The average Bonchev–Trinajstić information content (AvgIpc) is 2.37. The monoisotopic (exact) mass is 315 g/mol. The van der Waals surface area contributed by atoms with E-state index in [1.54, 1.807) is 18.2 Å². The highest BCUT2D eigenvalue weighted by Gasteiger charge is 2.29. The number of rotatable bonds is 3. The maximum Gasteiger partial charge on any atom is 0.260 e. The van der Waals surface area contributed by atoms with Gasteiger partial charge in [-0.15, -0.1) is 0 Å². The van der Waals surface area contributed by atoms with E-state index in [0.29, 0.717) is 15.8 Å². The van der Waals surface area contributed by atoms with Crippen LogP contribution in [0.4, 0.5) is 0 Å². The summed E-state index contributed by atoms with van der Waals surface area (Å²) in [6.07, 6.45) is 3.28. The van der Waals surface area contributed by atoms with Crippen molar-refractivity contribution in [2.24, 2.45) is 0 Å². The molecule has 0 N–H and O–H groups in total. The summed E-state index contributed by atoms with van der Waals surface area (Å²) in [7, 11) is 0. The van der Waals surface area contributed by atoms with Crippen LogP contribution < -0.4 is 4.74 Å². The van der Waals surface area contributed by atoms with Gasteiger partial charge in [-0.2, -0.15) is 0 Å². The van der Waals surface area contributed by atoms with Gasteiger partial charge in [0.1, 0.15) is 5.75 Å². The fourth-order valence-corrected chi connectivity index (χ4v) is 3.18. The van der Waals surface area contributed by atoms with Crippen LogP contribution in [-0.4, -0.2) is 29.5 Å². The topological polar surface area (TPSA) is 29.5 Å². The number of amides is 1.